The maximum Gasteiger partial charge on any atom is 0.267 e. The Bertz CT molecular complexity index is 575. The van der Waals surface area contributed by atoms with Gasteiger partial charge >= 0.3 is 0 Å². The molecule has 23 heavy (non-hydrogen) atoms. The number of carbonyl (C=O) groups is 1. The largest absolute Gasteiger partial charge is 0.359 e. The first kappa shape index (κ1) is 15.6. The van der Waals surface area contributed by atoms with Gasteiger partial charge in [-0.1, -0.05) is 6.07 Å². The number of hydrogen-bond acceptors (Lipinski definition) is 3. The number of amides is 1. The molecule has 1 aromatic rings. The normalized spacial score (nSPS) is 35.8. The van der Waals surface area contributed by atoms with Crippen molar-refractivity contribution in [3.05, 3.63) is 22.4 Å². The predicted octanol–water partition coefficient (Wildman–Crippen LogP) is 3.96. The minimum atomic E-state index is -0.102. The van der Waals surface area contributed by atoms with Crippen LogP contribution in [0, 0.1) is 23.2 Å². The van der Waals surface area contributed by atoms with E-state index in [1.165, 1.54) is 49.9 Å². The van der Waals surface area contributed by atoms with E-state index >= 15 is 0 Å². The van der Waals surface area contributed by atoms with Crippen LogP contribution in [-0.4, -0.2) is 17.1 Å². The van der Waals surface area contributed by atoms with Gasteiger partial charge < -0.3 is 5.32 Å². The minimum Gasteiger partial charge on any atom is -0.359 e. The van der Waals surface area contributed by atoms with Gasteiger partial charge in [-0.05, 0) is 92.3 Å². The van der Waals surface area contributed by atoms with Crippen LogP contribution in [0.15, 0.2) is 17.5 Å². The van der Waals surface area contributed by atoms with Crippen molar-refractivity contribution in [1.82, 2.24) is 10.6 Å². The van der Waals surface area contributed by atoms with Crippen LogP contribution in [0.4, 0.5) is 0 Å². The molecule has 0 unspecified atom stereocenters. The molecule has 0 aromatic carbocycles. The Balaban J connectivity index is 1.39. The summed E-state index contributed by atoms with van der Waals surface area (Å²) in [4.78, 5) is 12.8. The fourth-order valence-electron chi connectivity index (χ4n) is 5.67. The highest BCUT2D eigenvalue weighted by Gasteiger charge is 2.53. The third kappa shape index (κ3) is 2.93. The molecule has 0 spiro atoms. The van der Waals surface area contributed by atoms with Gasteiger partial charge in [0.1, 0.15) is 0 Å². The monoisotopic (exact) mass is 348 g/mol. The number of rotatable bonds is 3. The third-order valence-corrected chi connectivity index (χ3v) is 7.41. The number of hydrogen-bond donors (Lipinski definition) is 2. The topological polar surface area (TPSA) is 41.1 Å². The van der Waals surface area contributed by atoms with E-state index in [2.05, 4.69) is 17.6 Å². The van der Waals surface area contributed by atoms with Crippen molar-refractivity contribution in [1.29, 1.82) is 0 Å². The molecule has 0 aliphatic heterocycles. The molecule has 4 fully saturated rings. The molecule has 4 aliphatic rings. The number of thiophene rings is 1. The van der Waals surface area contributed by atoms with Gasteiger partial charge in [0.15, 0.2) is 5.11 Å². The van der Waals surface area contributed by atoms with Crippen LogP contribution in [0.1, 0.15) is 55.1 Å². The summed E-state index contributed by atoms with van der Waals surface area (Å²) in [6.07, 6.45) is 8.38. The van der Waals surface area contributed by atoms with E-state index in [0.717, 1.165) is 17.8 Å². The lowest BCUT2D eigenvalue weighted by Crippen LogP contribution is -2.57. The second kappa shape index (κ2) is 5.85. The molecule has 124 valence electrons. The maximum absolute atomic E-state index is 12.1. The second-order valence-electron chi connectivity index (χ2n) is 7.91. The molecular weight excluding hydrogens is 324 g/mol. The molecule has 3 nitrogen and oxygen atoms in total. The molecule has 5 heteroatoms. The van der Waals surface area contributed by atoms with Crippen LogP contribution in [0.5, 0.6) is 0 Å². The smallest absolute Gasteiger partial charge is 0.267 e. The van der Waals surface area contributed by atoms with Crippen molar-refractivity contribution in [2.75, 3.05) is 0 Å². The lowest BCUT2D eigenvalue weighted by Gasteiger charge is -2.59. The lowest BCUT2D eigenvalue weighted by atomic mass is 9.48. The molecule has 2 N–H and O–H groups in total. The van der Waals surface area contributed by atoms with Crippen molar-refractivity contribution in [3.8, 4) is 0 Å². The van der Waals surface area contributed by atoms with Crippen molar-refractivity contribution in [2.45, 2.75) is 51.5 Å². The van der Waals surface area contributed by atoms with E-state index in [9.17, 15) is 4.79 Å². The maximum atomic E-state index is 12.1. The second-order valence-corrected chi connectivity index (χ2v) is 9.26. The van der Waals surface area contributed by atoms with Gasteiger partial charge in [-0.3, -0.25) is 10.1 Å². The average molecular weight is 349 g/mol. The van der Waals surface area contributed by atoms with Crippen LogP contribution >= 0.6 is 23.6 Å². The summed E-state index contributed by atoms with van der Waals surface area (Å²) in [6.45, 7) is 2.26. The van der Waals surface area contributed by atoms with E-state index < -0.39 is 0 Å². The summed E-state index contributed by atoms with van der Waals surface area (Å²) in [6, 6.07) is 4.05. The summed E-state index contributed by atoms with van der Waals surface area (Å²) in [5, 5.41) is 8.66. The van der Waals surface area contributed by atoms with E-state index in [1.54, 1.807) is 0 Å². The molecule has 4 bridgehead atoms. The lowest BCUT2D eigenvalue weighted by molar-refractivity contribution is -0.0672. The Morgan fingerprint density at radius 3 is 2.39 bits per heavy atom. The minimum absolute atomic E-state index is 0.102. The highest BCUT2D eigenvalue weighted by atomic mass is 32.1. The van der Waals surface area contributed by atoms with Gasteiger partial charge in [0.2, 0.25) is 0 Å². The van der Waals surface area contributed by atoms with Crippen LogP contribution in [0.2, 0.25) is 0 Å². The summed E-state index contributed by atoms with van der Waals surface area (Å²) in [7, 11) is 0. The quantitative estimate of drug-likeness (QED) is 0.813. The van der Waals surface area contributed by atoms with Gasteiger partial charge in [-0.25, -0.2) is 0 Å². The Labute approximate surface area is 147 Å². The summed E-state index contributed by atoms with van der Waals surface area (Å²) < 4.78 is 0. The Hall–Kier alpha value is -0.940. The van der Waals surface area contributed by atoms with Crippen molar-refractivity contribution >= 4 is 34.6 Å². The standard InChI is InChI=1S/C18H24N2OS2/c1-11(19-17(22)20-16(21)15-3-2-4-23-15)18-8-12-5-13(9-18)7-14(6-12)10-18/h2-4,11-14H,5-10H2,1H3,(H2,19,20,21,22)/t11-,12?,13?,14?,18?/m0/s1. The number of carbonyl (C=O) groups excluding carboxylic acids is 1. The SMILES string of the molecule is C[C@H](NC(=S)NC(=O)c1cccs1)C12CC3CC(CC(C3)C1)C2. The first-order valence-corrected chi connectivity index (χ1v) is 9.98. The van der Waals surface area contributed by atoms with Crippen molar-refractivity contribution in [3.63, 3.8) is 0 Å². The highest BCUT2D eigenvalue weighted by Crippen LogP contribution is 2.61. The molecule has 4 saturated carbocycles. The highest BCUT2D eigenvalue weighted by molar-refractivity contribution is 7.80. The van der Waals surface area contributed by atoms with Gasteiger partial charge in [0, 0.05) is 6.04 Å². The zero-order chi connectivity index (χ0) is 16.0. The van der Waals surface area contributed by atoms with Crippen LogP contribution in [0.3, 0.4) is 0 Å². The zero-order valence-electron chi connectivity index (χ0n) is 13.5. The van der Waals surface area contributed by atoms with Gasteiger partial charge in [-0.2, -0.15) is 0 Å². The summed E-state index contributed by atoms with van der Waals surface area (Å²) in [5.74, 6) is 2.69. The zero-order valence-corrected chi connectivity index (χ0v) is 15.1. The number of nitrogens with one attached hydrogen (secondary N) is 2. The summed E-state index contributed by atoms with van der Waals surface area (Å²) in [5.41, 5.74) is 0.395. The fourth-order valence-corrected chi connectivity index (χ4v) is 6.55. The van der Waals surface area contributed by atoms with E-state index in [-0.39, 0.29) is 5.91 Å². The van der Waals surface area contributed by atoms with E-state index in [4.69, 9.17) is 12.2 Å². The molecule has 5 rings (SSSR count). The van der Waals surface area contributed by atoms with Gasteiger partial charge in [0.05, 0.1) is 4.88 Å². The predicted molar refractivity (Wildman–Crippen MR) is 97.6 cm³/mol. The van der Waals surface area contributed by atoms with E-state index in [0.29, 0.717) is 21.4 Å². The molecular formula is C18H24N2OS2. The molecule has 1 aromatic heterocycles. The van der Waals surface area contributed by atoms with Crippen LogP contribution in [-0.2, 0) is 0 Å². The summed E-state index contributed by atoms with van der Waals surface area (Å²) >= 11 is 6.84. The Kier molecular flexibility index (Phi) is 3.96. The first-order chi connectivity index (χ1) is 11.0. The molecule has 0 radical (unpaired) electrons. The van der Waals surface area contributed by atoms with Gasteiger partial charge in [0.25, 0.3) is 5.91 Å². The van der Waals surface area contributed by atoms with Crippen LogP contribution < -0.4 is 10.6 Å². The molecule has 0 saturated heterocycles. The van der Waals surface area contributed by atoms with Crippen LogP contribution in [0.25, 0.3) is 0 Å². The van der Waals surface area contributed by atoms with Crippen molar-refractivity contribution in [2.24, 2.45) is 23.2 Å². The molecule has 1 amide bonds. The molecule has 1 atom stereocenters. The Morgan fingerprint density at radius 1 is 1.26 bits per heavy atom. The number of thiocarbonyl (C=S) groups is 1. The molecule has 4 aliphatic carbocycles. The fraction of sp³-hybridized carbons (Fsp3) is 0.667. The first-order valence-electron chi connectivity index (χ1n) is 8.69. The Morgan fingerprint density at radius 2 is 1.87 bits per heavy atom. The van der Waals surface area contributed by atoms with Gasteiger partial charge in [-0.15, -0.1) is 11.3 Å². The molecule has 1 heterocycles. The third-order valence-electron chi connectivity index (χ3n) is 6.32. The van der Waals surface area contributed by atoms with E-state index in [1.807, 2.05) is 17.5 Å². The average Bonchev–Trinajstić information content (AvgIpc) is 2.99. The van der Waals surface area contributed by atoms with Crippen molar-refractivity contribution < 1.29 is 4.79 Å².